The van der Waals surface area contributed by atoms with Crippen LogP contribution in [0, 0.1) is 5.41 Å². The van der Waals surface area contributed by atoms with Gasteiger partial charge in [0.05, 0.1) is 18.2 Å². The molecule has 2 amide bonds. The maximum absolute atomic E-state index is 14.8. The molecule has 2 saturated carbocycles. The molecule has 5 aliphatic rings. The van der Waals surface area contributed by atoms with Gasteiger partial charge >= 0.3 is 0 Å². The van der Waals surface area contributed by atoms with Crippen molar-refractivity contribution in [2.45, 2.75) is 96.2 Å². The van der Waals surface area contributed by atoms with E-state index in [1.807, 2.05) is 32.0 Å². The molecule has 3 aliphatic heterocycles. The third-order valence-electron chi connectivity index (χ3n) is 11.4. The maximum Gasteiger partial charge on any atom is 0.264 e. The number of amides is 2. The van der Waals surface area contributed by atoms with E-state index in [4.69, 9.17) is 9.88 Å². The Hall–Kier alpha value is -3.21. The quantitative estimate of drug-likeness (QED) is 0.371. The Labute approximate surface area is 274 Å². The third kappa shape index (κ3) is 4.90. The van der Waals surface area contributed by atoms with E-state index in [9.17, 15) is 13.8 Å². The van der Waals surface area contributed by atoms with Crippen LogP contribution < -0.4 is 14.6 Å². The van der Waals surface area contributed by atoms with Gasteiger partial charge in [-0.05, 0) is 79.6 Å². The highest BCUT2D eigenvalue weighted by atomic mass is 32.2. The summed E-state index contributed by atoms with van der Waals surface area (Å²) < 4.78 is 22.1. The molecule has 246 valence electrons. The first-order valence-electron chi connectivity index (χ1n) is 17.2. The van der Waals surface area contributed by atoms with Crippen molar-refractivity contribution in [1.82, 2.24) is 19.1 Å². The molecule has 1 aromatic heterocycles. The molecule has 8 rings (SSSR count). The maximum atomic E-state index is 14.8. The number of methoxy groups -OCH3 is 1. The minimum absolute atomic E-state index is 0.113. The van der Waals surface area contributed by atoms with Crippen molar-refractivity contribution in [1.29, 1.82) is 0 Å². The van der Waals surface area contributed by atoms with Gasteiger partial charge in [0.25, 0.3) is 5.91 Å². The molecule has 3 N–H and O–H groups in total. The van der Waals surface area contributed by atoms with Crippen LogP contribution in [-0.4, -0.2) is 69.2 Å². The number of nitrogens with one attached hydrogen (secondary N) is 1. The molecule has 46 heavy (non-hydrogen) atoms. The van der Waals surface area contributed by atoms with Crippen LogP contribution in [0.1, 0.15) is 99.0 Å². The molecule has 2 bridgehead atoms. The molecule has 3 aromatic rings. The monoisotopic (exact) mass is 645 g/mol. The smallest absolute Gasteiger partial charge is 0.264 e. The number of nitrogens with zero attached hydrogens (tertiary/aromatic N) is 3. The number of fused-ring (bicyclic) bond motifs is 9. The number of piperazine rings is 1. The lowest BCUT2D eigenvalue weighted by atomic mass is 9.81. The first-order chi connectivity index (χ1) is 22.3. The fourth-order valence-corrected chi connectivity index (χ4v) is 9.54. The second-order valence-corrected chi connectivity index (χ2v) is 14.4. The van der Waals surface area contributed by atoms with Gasteiger partial charge in [-0.2, -0.15) is 0 Å². The van der Waals surface area contributed by atoms with Crippen LogP contribution in [0.2, 0.25) is 0 Å². The summed E-state index contributed by atoms with van der Waals surface area (Å²) in [6.45, 7) is 9.58. The van der Waals surface area contributed by atoms with E-state index < -0.39 is 22.5 Å². The van der Waals surface area contributed by atoms with Crippen LogP contribution in [0.25, 0.3) is 22.2 Å². The standard InChI is InChI=1S/C34H41N5O4S.C2H6/c1-3-37-17-23-14-22(37)18-38(23)33(41)34-16-28(34)27-15-24(43-2)10-12-25(27)31-30(20-7-5-4-6-8-20)26-11-9-21(32(40)36-44(35)42)13-29(26)39(31)19-34;1-2/h9-13,15,20,22-23,28H,3-8,14,16-19,35H2,1-2H3,(H,36,40);1-2H3/t22-,23-,28?,34?,44?;/m1./s1. The number of hydrogen-bond acceptors (Lipinski definition) is 5. The number of aromatic nitrogens is 1. The van der Waals surface area contributed by atoms with Crippen molar-refractivity contribution in [3.05, 3.63) is 53.1 Å². The molecule has 0 spiro atoms. The number of carbonyl (C=O) groups excluding carboxylic acids is 2. The van der Waals surface area contributed by atoms with Crippen molar-refractivity contribution in [2.75, 3.05) is 26.7 Å². The van der Waals surface area contributed by atoms with Crippen molar-refractivity contribution in [3.63, 3.8) is 0 Å². The first kappa shape index (κ1) is 31.4. The van der Waals surface area contributed by atoms with Crippen molar-refractivity contribution < 1.29 is 18.5 Å². The zero-order chi connectivity index (χ0) is 32.3. The fourth-order valence-electron chi connectivity index (χ4n) is 9.24. The second-order valence-electron chi connectivity index (χ2n) is 13.6. The summed E-state index contributed by atoms with van der Waals surface area (Å²) in [4.78, 5) is 32.5. The summed E-state index contributed by atoms with van der Waals surface area (Å²) in [7, 11) is 1.70. The van der Waals surface area contributed by atoms with Gasteiger partial charge in [0, 0.05) is 59.7 Å². The van der Waals surface area contributed by atoms with Crippen LogP contribution in [0.15, 0.2) is 36.4 Å². The Morgan fingerprint density at radius 2 is 1.85 bits per heavy atom. The van der Waals surface area contributed by atoms with Crippen LogP contribution in [0.5, 0.6) is 5.75 Å². The Bertz CT molecular complexity index is 1710. The minimum atomic E-state index is -1.96. The summed E-state index contributed by atoms with van der Waals surface area (Å²) >= 11 is -1.96. The number of nitrogens with two attached hydrogens (primary N) is 1. The van der Waals surface area contributed by atoms with Gasteiger partial charge in [-0.1, -0.05) is 46.1 Å². The molecular weight excluding hydrogens is 598 g/mol. The number of rotatable bonds is 6. The molecule has 4 fully saturated rings. The lowest BCUT2D eigenvalue weighted by Crippen LogP contribution is -2.51. The highest BCUT2D eigenvalue weighted by Gasteiger charge is 2.65. The normalized spacial score (nSPS) is 27.2. The lowest BCUT2D eigenvalue weighted by Gasteiger charge is -2.36. The SMILES string of the molecule is CC.CCN1C[C@H]2C[C@@H]1CN2C(=O)C12CC1c1cc(OC)ccc1-c1c(C3CCCCC3)c3ccc(C(=O)NS(N)=O)cc3n1C2. The van der Waals surface area contributed by atoms with Crippen LogP contribution in [0.3, 0.4) is 0 Å². The number of hydrogen-bond donors (Lipinski definition) is 2. The van der Waals surface area contributed by atoms with Gasteiger partial charge in [-0.25, -0.2) is 9.35 Å². The van der Waals surface area contributed by atoms with Crippen LogP contribution in [0.4, 0.5) is 0 Å². The van der Waals surface area contributed by atoms with E-state index in [0.29, 0.717) is 24.1 Å². The zero-order valence-electron chi connectivity index (χ0n) is 27.5. The molecule has 2 aromatic carbocycles. The molecule has 4 heterocycles. The molecule has 5 atom stereocenters. The van der Waals surface area contributed by atoms with E-state index in [2.05, 4.69) is 44.2 Å². The molecule has 2 saturated heterocycles. The summed E-state index contributed by atoms with van der Waals surface area (Å²) in [5, 5.41) is 6.55. The Balaban J connectivity index is 0.00000166. The van der Waals surface area contributed by atoms with Gasteiger partial charge in [0.15, 0.2) is 11.2 Å². The molecular formula is C36H47N5O4S. The number of likely N-dealkylation sites (N-methyl/N-ethyl adjacent to an activating group) is 1. The Kier molecular flexibility index (Phi) is 8.26. The van der Waals surface area contributed by atoms with Crippen molar-refractivity contribution in [3.8, 4) is 17.0 Å². The Morgan fingerprint density at radius 1 is 1.07 bits per heavy atom. The van der Waals surface area contributed by atoms with Crippen LogP contribution >= 0.6 is 0 Å². The van der Waals surface area contributed by atoms with E-state index >= 15 is 0 Å². The number of ether oxygens (including phenoxy) is 1. The van der Waals surface area contributed by atoms with E-state index in [1.165, 1.54) is 41.6 Å². The minimum Gasteiger partial charge on any atom is -0.497 e. The third-order valence-corrected chi connectivity index (χ3v) is 11.8. The topological polar surface area (TPSA) is 110 Å². The number of likely N-dealkylation sites (tertiary alicyclic amines) is 2. The second kappa shape index (κ2) is 12.1. The summed E-state index contributed by atoms with van der Waals surface area (Å²) in [6, 6.07) is 12.9. The van der Waals surface area contributed by atoms with Crippen molar-refractivity contribution >= 4 is 33.9 Å². The lowest BCUT2D eigenvalue weighted by molar-refractivity contribution is -0.140. The molecule has 2 aliphatic carbocycles. The highest BCUT2D eigenvalue weighted by molar-refractivity contribution is 7.81. The molecule has 3 unspecified atom stereocenters. The fraction of sp³-hybridized carbons (Fsp3) is 0.556. The first-order valence-corrected chi connectivity index (χ1v) is 18.4. The summed E-state index contributed by atoms with van der Waals surface area (Å²) in [5.74, 6) is 1.14. The van der Waals surface area contributed by atoms with E-state index in [0.717, 1.165) is 62.0 Å². The predicted molar refractivity (Wildman–Crippen MR) is 182 cm³/mol. The average molecular weight is 646 g/mol. The predicted octanol–water partition coefficient (Wildman–Crippen LogP) is 5.45. The summed E-state index contributed by atoms with van der Waals surface area (Å²) in [5.41, 5.74) is 5.72. The van der Waals surface area contributed by atoms with E-state index in [-0.39, 0.29) is 17.9 Å². The zero-order valence-corrected chi connectivity index (χ0v) is 28.3. The van der Waals surface area contributed by atoms with Crippen LogP contribution in [-0.2, 0) is 22.5 Å². The highest BCUT2D eigenvalue weighted by Crippen LogP contribution is 2.66. The van der Waals surface area contributed by atoms with Gasteiger partial charge in [0.1, 0.15) is 5.75 Å². The average Bonchev–Trinajstić information content (AvgIpc) is 3.32. The number of carbonyl (C=O) groups is 2. The molecule has 10 heteroatoms. The van der Waals surface area contributed by atoms with Gasteiger partial charge < -0.3 is 14.2 Å². The van der Waals surface area contributed by atoms with Gasteiger partial charge in [0.2, 0.25) is 5.91 Å². The van der Waals surface area contributed by atoms with Crippen molar-refractivity contribution in [2.24, 2.45) is 10.6 Å². The van der Waals surface area contributed by atoms with Gasteiger partial charge in [-0.3, -0.25) is 19.2 Å². The number of benzene rings is 2. The molecule has 0 radical (unpaired) electrons. The molecule has 9 nitrogen and oxygen atoms in total. The largest absolute Gasteiger partial charge is 0.497 e. The summed E-state index contributed by atoms with van der Waals surface area (Å²) in [6.07, 6.45) is 7.79. The Morgan fingerprint density at radius 3 is 2.52 bits per heavy atom. The van der Waals surface area contributed by atoms with Gasteiger partial charge in [-0.15, -0.1) is 0 Å². The van der Waals surface area contributed by atoms with E-state index in [1.54, 1.807) is 7.11 Å².